The maximum atomic E-state index is 14.0. The molecule has 9 heteroatoms. The molecular formula is C29H34ClN3O4S. The number of nitrogens with zero attached hydrogens (tertiary/aromatic N) is 2. The molecule has 0 aromatic heterocycles. The van der Waals surface area contributed by atoms with Gasteiger partial charge in [0.25, 0.3) is 0 Å². The van der Waals surface area contributed by atoms with Crippen LogP contribution in [0.25, 0.3) is 0 Å². The van der Waals surface area contributed by atoms with Gasteiger partial charge in [0.1, 0.15) is 12.6 Å². The van der Waals surface area contributed by atoms with Gasteiger partial charge in [0.2, 0.25) is 21.8 Å². The standard InChI is InChI=1S/C29H34ClN3O4S/c1-3-4-19-31-29(35)27(20-23-13-7-5-8-14-23)32(21-24-15-9-6-10-16-24)28(34)22-33(38(2,36)37)26-18-12-11-17-25(26)30/h5-18,27H,3-4,19-22H2,1-2H3,(H,31,35)/t27-/m1/s1. The summed E-state index contributed by atoms with van der Waals surface area (Å²) in [5.41, 5.74) is 1.92. The summed E-state index contributed by atoms with van der Waals surface area (Å²) in [4.78, 5) is 28.9. The van der Waals surface area contributed by atoms with Crippen molar-refractivity contribution in [3.63, 3.8) is 0 Å². The van der Waals surface area contributed by atoms with E-state index in [2.05, 4.69) is 5.32 Å². The molecule has 3 aromatic rings. The zero-order valence-electron chi connectivity index (χ0n) is 21.7. The summed E-state index contributed by atoms with van der Waals surface area (Å²) >= 11 is 6.31. The molecule has 0 saturated carbocycles. The Morgan fingerprint density at radius 2 is 1.47 bits per heavy atom. The molecule has 202 valence electrons. The number of hydrogen-bond acceptors (Lipinski definition) is 4. The van der Waals surface area contributed by atoms with Crippen molar-refractivity contribution in [1.82, 2.24) is 10.2 Å². The summed E-state index contributed by atoms with van der Waals surface area (Å²) in [6.07, 6.45) is 3.04. The third-order valence-electron chi connectivity index (χ3n) is 6.10. The second-order valence-electron chi connectivity index (χ2n) is 9.08. The molecule has 0 unspecified atom stereocenters. The molecule has 0 aliphatic carbocycles. The number of sulfonamides is 1. The van der Waals surface area contributed by atoms with Gasteiger partial charge in [-0.05, 0) is 29.7 Å². The Morgan fingerprint density at radius 3 is 2.05 bits per heavy atom. The van der Waals surface area contributed by atoms with E-state index in [9.17, 15) is 18.0 Å². The number of amides is 2. The van der Waals surface area contributed by atoms with Crippen LogP contribution in [0.5, 0.6) is 0 Å². The minimum Gasteiger partial charge on any atom is -0.354 e. The predicted molar refractivity (Wildman–Crippen MR) is 152 cm³/mol. The molecule has 0 aliphatic heterocycles. The third-order valence-corrected chi connectivity index (χ3v) is 7.54. The molecule has 7 nitrogen and oxygen atoms in total. The maximum absolute atomic E-state index is 14.0. The monoisotopic (exact) mass is 555 g/mol. The second-order valence-corrected chi connectivity index (χ2v) is 11.4. The van der Waals surface area contributed by atoms with E-state index in [1.54, 1.807) is 24.3 Å². The molecule has 0 saturated heterocycles. The van der Waals surface area contributed by atoms with Crippen LogP contribution in [0, 0.1) is 0 Å². The number of halogens is 1. The third kappa shape index (κ3) is 8.33. The van der Waals surface area contributed by atoms with Crippen molar-refractivity contribution in [2.24, 2.45) is 0 Å². The van der Waals surface area contributed by atoms with E-state index in [4.69, 9.17) is 11.6 Å². The van der Waals surface area contributed by atoms with Crippen LogP contribution in [-0.4, -0.2) is 50.5 Å². The van der Waals surface area contributed by atoms with Gasteiger partial charge in [-0.3, -0.25) is 13.9 Å². The maximum Gasteiger partial charge on any atom is 0.244 e. The highest BCUT2D eigenvalue weighted by Crippen LogP contribution is 2.27. The molecule has 1 N–H and O–H groups in total. The normalized spacial score (nSPS) is 12.0. The number of benzene rings is 3. The molecular weight excluding hydrogens is 522 g/mol. The van der Waals surface area contributed by atoms with Gasteiger partial charge in [-0.2, -0.15) is 0 Å². The Balaban J connectivity index is 2.02. The lowest BCUT2D eigenvalue weighted by Gasteiger charge is -2.33. The number of anilines is 1. The molecule has 0 aliphatic rings. The Morgan fingerprint density at radius 1 is 0.895 bits per heavy atom. The van der Waals surface area contributed by atoms with Crippen molar-refractivity contribution in [1.29, 1.82) is 0 Å². The van der Waals surface area contributed by atoms with E-state index in [-0.39, 0.29) is 29.6 Å². The molecule has 3 aromatic carbocycles. The molecule has 0 heterocycles. The van der Waals surface area contributed by atoms with Gasteiger partial charge in [-0.25, -0.2) is 8.42 Å². The lowest BCUT2D eigenvalue weighted by atomic mass is 10.0. The SMILES string of the molecule is CCCCNC(=O)[C@@H](Cc1ccccc1)N(Cc1ccccc1)C(=O)CN(c1ccccc1Cl)S(C)(=O)=O. The first-order valence-electron chi connectivity index (χ1n) is 12.6. The van der Waals surface area contributed by atoms with Gasteiger partial charge in [0, 0.05) is 19.5 Å². The molecule has 0 fully saturated rings. The van der Waals surface area contributed by atoms with E-state index in [0.29, 0.717) is 6.54 Å². The largest absolute Gasteiger partial charge is 0.354 e. The van der Waals surface area contributed by atoms with Crippen molar-refractivity contribution in [3.05, 3.63) is 101 Å². The Hall–Kier alpha value is -3.36. The van der Waals surface area contributed by atoms with E-state index < -0.39 is 28.5 Å². The highest BCUT2D eigenvalue weighted by Gasteiger charge is 2.33. The molecule has 2 amide bonds. The van der Waals surface area contributed by atoms with E-state index in [1.807, 2.05) is 67.6 Å². The van der Waals surface area contributed by atoms with Gasteiger partial charge < -0.3 is 10.2 Å². The topological polar surface area (TPSA) is 86.8 Å². The summed E-state index contributed by atoms with van der Waals surface area (Å²) in [5.74, 6) is -0.791. The van der Waals surface area contributed by atoms with Crippen LogP contribution in [0.15, 0.2) is 84.9 Å². The number of carbonyl (C=O) groups excluding carboxylic acids is 2. The van der Waals surface area contributed by atoms with Crippen LogP contribution in [0.1, 0.15) is 30.9 Å². The Bertz CT molecular complexity index is 1300. The number of rotatable bonds is 13. The summed E-state index contributed by atoms with van der Waals surface area (Å²) in [5, 5.41) is 3.17. The quantitative estimate of drug-likeness (QED) is 0.311. The van der Waals surface area contributed by atoms with Gasteiger partial charge >= 0.3 is 0 Å². The van der Waals surface area contributed by atoms with E-state index >= 15 is 0 Å². The smallest absolute Gasteiger partial charge is 0.244 e. The summed E-state index contributed by atoms with van der Waals surface area (Å²) in [7, 11) is -3.86. The van der Waals surface area contributed by atoms with Gasteiger partial charge in [0.05, 0.1) is 17.0 Å². The van der Waals surface area contributed by atoms with Crippen LogP contribution >= 0.6 is 11.6 Å². The fraction of sp³-hybridized carbons (Fsp3) is 0.310. The van der Waals surface area contributed by atoms with Gasteiger partial charge in [-0.1, -0.05) is 97.7 Å². The number of para-hydroxylation sites is 1. The molecule has 0 bridgehead atoms. The second kappa shape index (κ2) is 14.0. The van der Waals surface area contributed by atoms with Crippen molar-refractivity contribution in [2.75, 3.05) is 23.7 Å². The number of carbonyl (C=O) groups is 2. The van der Waals surface area contributed by atoms with Gasteiger partial charge in [-0.15, -0.1) is 0 Å². The minimum atomic E-state index is -3.86. The molecule has 3 rings (SSSR count). The van der Waals surface area contributed by atoms with Crippen LogP contribution in [0.2, 0.25) is 5.02 Å². The highest BCUT2D eigenvalue weighted by molar-refractivity contribution is 7.92. The van der Waals surface area contributed by atoms with Crippen LogP contribution in [0.3, 0.4) is 0 Å². The molecule has 38 heavy (non-hydrogen) atoms. The minimum absolute atomic E-state index is 0.137. The van der Waals surface area contributed by atoms with E-state index in [1.165, 1.54) is 4.90 Å². The van der Waals surface area contributed by atoms with Crippen LogP contribution < -0.4 is 9.62 Å². The summed E-state index contributed by atoms with van der Waals surface area (Å²) < 4.78 is 26.6. The lowest BCUT2D eigenvalue weighted by Crippen LogP contribution is -2.53. The lowest BCUT2D eigenvalue weighted by molar-refractivity contribution is -0.140. The Labute approximate surface area is 230 Å². The molecule has 1 atom stereocenters. The van der Waals surface area contributed by atoms with Crippen molar-refractivity contribution >= 4 is 39.1 Å². The fourth-order valence-corrected chi connectivity index (χ4v) is 5.24. The highest BCUT2D eigenvalue weighted by atomic mass is 35.5. The average Bonchev–Trinajstić information content (AvgIpc) is 2.90. The van der Waals surface area contributed by atoms with Crippen LogP contribution in [-0.2, 0) is 32.6 Å². The van der Waals surface area contributed by atoms with E-state index in [0.717, 1.165) is 34.5 Å². The summed E-state index contributed by atoms with van der Waals surface area (Å²) in [6, 6.07) is 24.4. The van der Waals surface area contributed by atoms with Crippen molar-refractivity contribution in [3.8, 4) is 0 Å². The predicted octanol–water partition coefficient (Wildman–Crippen LogP) is 4.66. The zero-order valence-corrected chi connectivity index (χ0v) is 23.3. The van der Waals surface area contributed by atoms with Crippen molar-refractivity contribution < 1.29 is 18.0 Å². The Kier molecular flexibility index (Phi) is 10.7. The van der Waals surface area contributed by atoms with Crippen LogP contribution in [0.4, 0.5) is 5.69 Å². The first-order chi connectivity index (χ1) is 18.2. The number of hydrogen-bond donors (Lipinski definition) is 1. The average molecular weight is 556 g/mol. The van der Waals surface area contributed by atoms with Gasteiger partial charge in [0.15, 0.2) is 0 Å². The molecule has 0 spiro atoms. The first kappa shape index (κ1) is 29.2. The fourth-order valence-electron chi connectivity index (χ4n) is 4.09. The summed E-state index contributed by atoms with van der Waals surface area (Å²) in [6.45, 7) is 2.16. The molecule has 0 radical (unpaired) electrons. The van der Waals surface area contributed by atoms with Crippen molar-refractivity contribution in [2.45, 2.75) is 38.8 Å². The number of nitrogens with one attached hydrogen (secondary N) is 1. The first-order valence-corrected chi connectivity index (χ1v) is 14.8. The number of unbranched alkanes of at least 4 members (excludes halogenated alkanes) is 1. The zero-order chi connectivity index (χ0) is 27.5.